The van der Waals surface area contributed by atoms with Crippen LogP contribution in [0.25, 0.3) is 0 Å². The van der Waals surface area contributed by atoms with E-state index >= 15 is 0 Å². The first-order valence-electron chi connectivity index (χ1n) is 14.0. The first-order chi connectivity index (χ1) is 19.4. The van der Waals surface area contributed by atoms with Crippen LogP contribution in [0.5, 0.6) is 0 Å². The maximum absolute atomic E-state index is 13.5. The second-order valence-electron chi connectivity index (χ2n) is 11.2. The molecule has 3 aliphatic heterocycles. The summed E-state index contributed by atoms with van der Waals surface area (Å²) in [6.45, 7) is 4.77. The van der Waals surface area contributed by atoms with E-state index in [2.05, 4.69) is 33.4 Å². The molecule has 0 aliphatic carbocycles. The van der Waals surface area contributed by atoms with Crippen LogP contribution in [0.4, 0.5) is 16.2 Å². The van der Waals surface area contributed by atoms with Crippen molar-refractivity contribution in [2.45, 2.75) is 38.6 Å². The molecule has 6 rings (SSSR count). The van der Waals surface area contributed by atoms with Crippen LogP contribution in [0, 0.1) is 5.41 Å². The van der Waals surface area contributed by atoms with E-state index in [9.17, 15) is 9.59 Å². The smallest absolute Gasteiger partial charge is 0.322 e. The van der Waals surface area contributed by atoms with E-state index < -0.39 is 0 Å². The van der Waals surface area contributed by atoms with Gasteiger partial charge in [0.15, 0.2) is 0 Å². The third-order valence-corrected chi connectivity index (χ3v) is 9.63. The highest BCUT2D eigenvalue weighted by Gasteiger charge is 2.39. The minimum atomic E-state index is -0.197. The number of halogens is 2. The van der Waals surface area contributed by atoms with Gasteiger partial charge in [0.05, 0.1) is 10.0 Å². The maximum atomic E-state index is 13.5. The summed E-state index contributed by atoms with van der Waals surface area (Å²) >= 11 is 12.1. The van der Waals surface area contributed by atoms with Crippen molar-refractivity contribution in [3.63, 3.8) is 0 Å². The number of rotatable bonds is 3. The molecular formula is C31H33Cl2N5O2. The fraction of sp³-hybridized carbons (Fsp3) is 0.387. The Morgan fingerprint density at radius 2 is 1.50 bits per heavy atom. The second-order valence-corrected chi connectivity index (χ2v) is 12.0. The summed E-state index contributed by atoms with van der Waals surface area (Å²) in [5.41, 5.74) is 5.09. The van der Waals surface area contributed by atoms with Crippen LogP contribution >= 0.6 is 23.2 Å². The fourth-order valence-electron chi connectivity index (χ4n) is 6.30. The first-order valence-corrected chi connectivity index (χ1v) is 14.7. The summed E-state index contributed by atoms with van der Waals surface area (Å²) < 4.78 is 0. The summed E-state index contributed by atoms with van der Waals surface area (Å²) in [7, 11) is 0. The van der Waals surface area contributed by atoms with Crippen LogP contribution in [0.15, 0.2) is 60.9 Å². The summed E-state index contributed by atoms with van der Waals surface area (Å²) in [6.07, 6.45) is 8.89. The van der Waals surface area contributed by atoms with Crippen LogP contribution in [0.3, 0.4) is 0 Å². The number of carbonyl (C=O) groups excluding carboxylic acids is 2. The van der Waals surface area contributed by atoms with Crippen LogP contribution in [0.1, 0.15) is 47.2 Å². The molecule has 1 spiro atoms. The van der Waals surface area contributed by atoms with Crippen LogP contribution in [-0.4, -0.2) is 59.4 Å². The van der Waals surface area contributed by atoms with Crippen LogP contribution in [0.2, 0.25) is 10.0 Å². The van der Waals surface area contributed by atoms with Crippen molar-refractivity contribution < 1.29 is 9.59 Å². The number of carbonyl (C=O) groups is 2. The molecule has 0 bridgehead atoms. The number of hydrogen-bond acceptors (Lipinski definition) is 4. The van der Waals surface area contributed by atoms with E-state index in [1.54, 1.807) is 23.1 Å². The Hall–Kier alpha value is -3.29. The van der Waals surface area contributed by atoms with Gasteiger partial charge in [-0.15, -0.1) is 0 Å². The molecule has 9 heteroatoms. The summed E-state index contributed by atoms with van der Waals surface area (Å²) in [6, 6.07) is 15.0. The highest BCUT2D eigenvalue weighted by Crippen LogP contribution is 2.42. The van der Waals surface area contributed by atoms with E-state index in [-0.39, 0.29) is 11.9 Å². The van der Waals surface area contributed by atoms with Gasteiger partial charge in [0, 0.05) is 68.6 Å². The molecule has 40 heavy (non-hydrogen) atoms. The molecule has 0 unspecified atom stereocenters. The molecule has 0 radical (unpaired) electrons. The van der Waals surface area contributed by atoms with Crippen molar-refractivity contribution in [1.82, 2.24) is 14.8 Å². The Labute approximate surface area is 245 Å². The molecule has 0 atom stereocenters. The van der Waals surface area contributed by atoms with Gasteiger partial charge in [0.25, 0.3) is 5.91 Å². The van der Waals surface area contributed by atoms with E-state index in [0.717, 1.165) is 63.8 Å². The summed E-state index contributed by atoms with van der Waals surface area (Å²) in [4.78, 5) is 36.8. The highest BCUT2D eigenvalue weighted by molar-refractivity contribution is 6.42. The number of nitrogens with zero attached hydrogens (tertiary/aromatic N) is 4. The molecule has 3 aliphatic rings. The van der Waals surface area contributed by atoms with Gasteiger partial charge in [-0.3, -0.25) is 9.78 Å². The Kier molecular flexibility index (Phi) is 7.60. The third-order valence-electron chi connectivity index (χ3n) is 8.89. The normalized spacial score (nSPS) is 18.4. The molecule has 3 amide bonds. The Balaban J connectivity index is 1.05. The quantitative estimate of drug-likeness (QED) is 0.385. The average molecular weight is 579 g/mol. The van der Waals surface area contributed by atoms with Gasteiger partial charge in [-0.05, 0) is 91.1 Å². The number of amides is 3. The zero-order chi connectivity index (χ0) is 27.7. The largest absolute Gasteiger partial charge is 0.371 e. The molecule has 2 aromatic carbocycles. The predicted molar refractivity (Wildman–Crippen MR) is 159 cm³/mol. The zero-order valence-electron chi connectivity index (χ0n) is 22.4. The van der Waals surface area contributed by atoms with Crippen molar-refractivity contribution in [3.05, 3.63) is 87.7 Å². The number of hydrogen-bond donors (Lipinski definition) is 1. The standard InChI is InChI=1S/C31H33Cl2N5O2/c32-27-4-3-25(20-28(27)33)35-30(40)38-14-7-22-1-2-23(19-24(22)21-38)29(39)37-17-10-31(11-18-37)8-15-36(16-9-31)26-5-12-34-13-6-26/h1-6,12-13,19-20H,7-11,14-18,21H2,(H,35,40). The topological polar surface area (TPSA) is 68.8 Å². The lowest BCUT2D eigenvalue weighted by Gasteiger charge is -2.47. The van der Waals surface area contributed by atoms with Crippen LogP contribution < -0.4 is 10.2 Å². The van der Waals surface area contributed by atoms with Gasteiger partial charge in [-0.1, -0.05) is 29.3 Å². The monoisotopic (exact) mass is 577 g/mol. The average Bonchev–Trinajstić information content (AvgIpc) is 2.99. The molecule has 0 saturated carbocycles. The molecule has 2 saturated heterocycles. The van der Waals surface area contributed by atoms with E-state index in [1.807, 2.05) is 29.4 Å². The number of aromatic nitrogens is 1. The van der Waals surface area contributed by atoms with Gasteiger partial charge < -0.3 is 20.0 Å². The number of anilines is 2. The molecule has 3 aromatic rings. The van der Waals surface area contributed by atoms with Crippen molar-refractivity contribution in [1.29, 1.82) is 0 Å². The minimum Gasteiger partial charge on any atom is -0.371 e. The van der Waals surface area contributed by atoms with Gasteiger partial charge in [-0.2, -0.15) is 0 Å². The molecule has 2 fully saturated rings. The van der Waals surface area contributed by atoms with Crippen molar-refractivity contribution in [2.75, 3.05) is 42.9 Å². The lowest BCUT2D eigenvalue weighted by molar-refractivity contribution is 0.0515. The molecule has 7 nitrogen and oxygen atoms in total. The number of urea groups is 1. The van der Waals surface area contributed by atoms with Gasteiger partial charge >= 0.3 is 6.03 Å². The van der Waals surface area contributed by atoms with Crippen molar-refractivity contribution in [3.8, 4) is 0 Å². The Morgan fingerprint density at radius 1 is 0.775 bits per heavy atom. The second kappa shape index (κ2) is 11.3. The van der Waals surface area contributed by atoms with E-state index in [1.165, 1.54) is 11.3 Å². The lowest BCUT2D eigenvalue weighted by atomic mass is 9.71. The number of benzene rings is 2. The van der Waals surface area contributed by atoms with E-state index in [0.29, 0.717) is 39.8 Å². The van der Waals surface area contributed by atoms with Crippen molar-refractivity contribution in [2.24, 2.45) is 5.41 Å². The van der Waals surface area contributed by atoms with Crippen molar-refractivity contribution >= 4 is 46.5 Å². The number of pyridine rings is 1. The molecule has 1 aromatic heterocycles. The van der Waals surface area contributed by atoms with Gasteiger partial charge in [-0.25, -0.2) is 4.79 Å². The number of piperidine rings is 2. The molecular weight excluding hydrogens is 545 g/mol. The van der Waals surface area contributed by atoms with Crippen LogP contribution in [-0.2, 0) is 13.0 Å². The van der Waals surface area contributed by atoms with Gasteiger partial charge in [0.1, 0.15) is 0 Å². The fourth-order valence-corrected chi connectivity index (χ4v) is 6.60. The number of fused-ring (bicyclic) bond motifs is 1. The van der Waals surface area contributed by atoms with E-state index in [4.69, 9.17) is 23.2 Å². The Bertz CT molecular complexity index is 1400. The maximum Gasteiger partial charge on any atom is 0.322 e. The Morgan fingerprint density at radius 3 is 2.23 bits per heavy atom. The predicted octanol–water partition coefficient (Wildman–Crippen LogP) is 6.50. The lowest BCUT2D eigenvalue weighted by Crippen LogP contribution is -2.48. The SMILES string of the molecule is O=C(Nc1ccc(Cl)c(Cl)c1)N1CCc2ccc(C(=O)N3CCC4(CC3)CCN(c3ccncc3)CC4)cc2C1. The zero-order valence-corrected chi connectivity index (χ0v) is 23.9. The molecule has 4 heterocycles. The number of likely N-dealkylation sites (tertiary alicyclic amines) is 1. The number of nitrogens with one attached hydrogen (secondary N) is 1. The summed E-state index contributed by atoms with van der Waals surface area (Å²) in [5.74, 6) is 0.0873. The first kappa shape index (κ1) is 26.9. The molecule has 1 N–H and O–H groups in total. The summed E-state index contributed by atoms with van der Waals surface area (Å²) in [5, 5.41) is 3.74. The molecule has 208 valence electrons. The minimum absolute atomic E-state index is 0.0873. The third kappa shape index (κ3) is 5.63. The highest BCUT2D eigenvalue weighted by atomic mass is 35.5. The van der Waals surface area contributed by atoms with Gasteiger partial charge in [0.2, 0.25) is 0 Å².